The van der Waals surface area contributed by atoms with Gasteiger partial charge in [0.1, 0.15) is 13.5 Å². The van der Waals surface area contributed by atoms with E-state index in [4.69, 9.17) is 9.47 Å². The Balaban J connectivity index is 2.22. The number of ether oxygens (including phenoxy) is 2. The van der Waals surface area contributed by atoms with Crippen LogP contribution in [0.5, 0.6) is 0 Å². The van der Waals surface area contributed by atoms with Crippen LogP contribution in [0.4, 0.5) is 0 Å². The average molecular weight is 129 g/mol. The molecule has 0 aliphatic carbocycles. The van der Waals surface area contributed by atoms with Gasteiger partial charge >= 0.3 is 0 Å². The summed E-state index contributed by atoms with van der Waals surface area (Å²) >= 11 is 0. The van der Waals surface area contributed by atoms with Crippen LogP contribution >= 0.6 is 0 Å². The molecule has 1 atom stereocenters. The first-order valence-corrected chi connectivity index (χ1v) is 3.42. The van der Waals surface area contributed by atoms with Crippen molar-refractivity contribution in [3.05, 3.63) is 6.10 Å². The van der Waals surface area contributed by atoms with Gasteiger partial charge in [-0.05, 0) is 6.92 Å². The minimum absolute atomic E-state index is 0.273. The lowest BCUT2D eigenvalue weighted by molar-refractivity contribution is 0.0572. The fourth-order valence-electron chi connectivity index (χ4n) is 1.03. The molecule has 0 aromatic carbocycles. The minimum Gasteiger partial charge on any atom is -0.335 e. The summed E-state index contributed by atoms with van der Waals surface area (Å²) in [6, 6.07) is 0. The minimum atomic E-state index is 0.273. The molecule has 1 aliphatic rings. The lowest BCUT2D eigenvalue weighted by atomic mass is 10.2. The van der Waals surface area contributed by atoms with Gasteiger partial charge in [0, 0.05) is 13.0 Å². The van der Waals surface area contributed by atoms with E-state index in [2.05, 4.69) is 0 Å². The normalized spacial score (nSPS) is 27.3. The average Bonchev–Trinajstić information content (AvgIpc) is 2.18. The Labute approximate surface area is 56.2 Å². The van der Waals surface area contributed by atoms with E-state index in [0.717, 1.165) is 25.7 Å². The van der Waals surface area contributed by atoms with Gasteiger partial charge in [-0.25, -0.2) is 0 Å². The lowest BCUT2D eigenvalue weighted by Crippen LogP contribution is -2.13. The maximum atomic E-state index is 5.35. The van der Waals surface area contributed by atoms with Gasteiger partial charge in [0.2, 0.25) is 6.10 Å². The highest BCUT2D eigenvalue weighted by atomic mass is 16.6. The molecule has 1 heterocycles. The van der Waals surface area contributed by atoms with Gasteiger partial charge in [-0.15, -0.1) is 0 Å². The Bertz CT molecular complexity index is 83.0. The molecule has 52 valence electrons. The van der Waals surface area contributed by atoms with Gasteiger partial charge in [0.25, 0.3) is 6.10 Å². The van der Waals surface area contributed by atoms with Crippen molar-refractivity contribution in [1.29, 1.82) is 0 Å². The van der Waals surface area contributed by atoms with Crippen LogP contribution in [0.2, 0.25) is 0 Å². The summed E-state index contributed by atoms with van der Waals surface area (Å²) in [6.07, 6.45) is 2.34. The Hall–Kier alpha value is -0.210. The molecule has 0 N–H and O–H groups in total. The van der Waals surface area contributed by atoms with Gasteiger partial charge < -0.3 is 4.74 Å². The molecule has 9 heavy (non-hydrogen) atoms. The summed E-state index contributed by atoms with van der Waals surface area (Å²) in [5.41, 5.74) is 0. The van der Waals surface area contributed by atoms with E-state index in [1.54, 1.807) is 0 Å². The van der Waals surface area contributed by atoms with Crippen LogP contribution in [0.15, 0.2) is 0 Å². The molecular formula is C7H13O2+. The van der Waals surface area contributed by atoms with Gasteiger partial charge in [-0.2, -0.15) is 4.74 Å². The molecule has 1 unspecified atom stereocenters. The molecule has 0 saturated carbocycles. The van der Waals surface area contributed by atoms with Gasteiger partial charge in [0.15, 0.2) is 0 Å². The Morgan fingerprint density at radius 2 is 2.56 bits per heavy atom. The third-order valence-electron chi connectivity index (χ3n) is 1.53. The standard InChI is InChI=1S/C7H13O2/c1-3-8-7-4-5-9-6(7)2/h7H,3-5H2,1-2H3/q+1. The number of hydrogen-bond donors (Lipinski definition) is 0. The predicted octanol–water partition coefficient (Wildman–Crippen LogP) is 1.36. The lowest BCUT2D eigenvalue weighted by Gasteiger charge is -2.01. The van der Waals surface area contributed by atoms with Crippen LogP contribution in [0.25, 0.3) is 0 Å². The van der Waals surface area contributed by atoms with Crippen LogP contribution in [-0.2, 0) is 9.47 Å². The van der Waals surface area contributed by atoms with Gasteiger partial charge in [0.05, 0.1) is 0 Å². The Morgan fingerprint density at radius 3 is 3.00 bits per heavy atom. The molecule has 0 aromatic rings. The van der Waals surface area contributed by atoms with Crippen molar-refractivity contribution in [3.63, 3.8) is 0 Å². The van der Waals surface area contributed by atoms with Crippen LogP contribution in [0.1, 0.15) is 20.3 Å². The van der Waals surface area contributed by atoms with Crippen LogP contribution in [0, 0.1) is 6.10 Å². The van der Waals surface area contributed by atoms with E-state index in [9.17, 15) is 0 Å². The highest BCUT2D eigenvalue weighted by molar-refractivity contribution is 4.88. The summed E-state index contributed by atoms with van der Waals surface area (Å²) in [5, 5.41) is 0. The molecule has 1 fully saturated rings. The number of hydrogen-bond acceptors (Lipinski definition) is 2. The molecule has 0 aromatic heterocycles. The monoisotopic (exact) mass is 129 g/mol. The smallest absolute Gasteiger partial charge is 0.268 e. The van der Waals surface area contributed by atoms with E-state index in [1.807, 2.05) is 13.8 Å². The first-order valence-electron chi connectivity index (χ1n) is 3.42. The first kappa shape index (κ1) is 6.90. The maximum Gasteiger partial charge on any atom is 0.268 e. The van der Waals surface area contributed by atoms with Crippen LogP contribution in [-0.4, -0.2) is 19.3 Å². The summed E-state index contributed by atoms with van der Waals surface area (Å²) in [6.45, 7) is 5.60. The molecule has 1 rings (SSSR count). The molecule has 0 bridgehead atoms. The molecular weight excluding hydrogens is 116 g/mol. The fraction of sp³-hybridized carbons (Fsp3) is 0.857. The van der Waals surface area contributed by atoms with Crippen molar-refractivity contribution < 1.29 is 9.47 Å². The molecule has 2 heteroatoms. The molecule has 1 aliphatic heterocycles. The predicted molar refractivity (Wildman–Crippen MR) is 34.9 cm³/mol. The van der Waals surface area contributed by atoms with E-state index in [0.29, 0.717) is 0 Å². The highest BCUT2D eigenvalue weighted by Gasteiger charge is 2.36. The largest absolute Gasteiger partial charge is 0.335 e. The highest BCUT2D eigenvalue weighted by Crippen LogP contribution is 2.22. The van der Waals surface area contributed by atoms with Crippen molar-refractivity contribution in [3.8, 4) is 0 Å². The molecule has 0 radical (unpaired) electrons. The van der Waals surface area contributed by atoms with Crippen LogP contribution < -0.4 is 0 Å². The molecule has 1 saturated heterocycles. The third kappa shape index (κ3) is 1.60. The summed E-state index contributed by atoms with van der Waals surface area (Å²) in [5.74, 6) is 0. The van der Waals surface area contributed by atoms with Crippen molar-refractivity contribution >= 4 is 0 Å². The molecule has 0 amide bonds. The fourth-order valence-corrected chi connectivity index (χ4v) is 1.03. The molecule has 2 nitrogen and oxygen atoms in total. The van der Waals surface area contributed by atoms with Crippen molar-refractivity contribution in [2.24, 2.45) is 0 Å². The second-order valence-electron chi connectivity index (χ2n) is 2.19. The summed E-state index contributed by atoms with van der Waals surface area (Å²) < 4.78 is 10.6. The van der Waals surface area contributed by atoms with Crippen molar-refractivity contribution in [2.45, 2.75) is 26.4 Å². The first-order chi connectivity index (χ1) is 4.34. The Kier molecular flexibility index (Phi) is 2.37. The quantitative estimate of drug-likeness (QED) is 0.524. The summed E-state index contributed by atoms with van der Waals surface area (Å²) in [4.78, 5) is 0. The zero-order valence-electron chi connectivity index (χ0n) is 6.02. The van der Waals surface area contributed by atoms with E-state index in [-0.39, 0.29) is 6.10 Å². The van der Waals surface area contributed by atoms with Crippen molar-refractivity contribution in [1.82, 2.24) is 0 Å². The van der Waals surface area contributed by atoms with E-state index in [1.165, 1.54) is 0 Å². The van der Waals surface area contributed by atoms with Gasteiger partial charge in [-0.3, -0.25) is 0 Å². The van der Waals surface area contributed by atoms with Gasteiger partial charge in [-0.1, -0.05) is 0 Å². The Morgan fingerprint density at radius 1 is 1.78 bits per heavy atom. The van der Waals surface area contributed by atoms with Crippen molar-refractivity contribution in [2.75, 3.05) is 13.2 Å². The zero-order chi connectivity index (χ0) is 6.69. The van der Waals surface area contributed by atoms with Crippen LogP contribution in [0.3, 0.4) is 0 Å². The second-order valence-corrected chi connectivity index (χ2v) is 2.19. The SMILES string of the molecule is CCOC1CCO[C+]1C. The van der Waals surface area contributed by atoms with E-state index < -0.39 is 0 Å². The number of rotatable bonds is 2. The van der Waals surface area contributed by atoms with E-state index >= 15 is 0 Å². The topological polar surface area (TPSA) is 18.5 Å². The third-order valence-corrected chi connectivity index (χ3v) is 1.53. The summed E-state index contributed by atoms with van der Waals surface area (Å²) in [7, 11) is 0. The molecule has 0 spiro atoms. The second kappa shape index (κ2) is 3.08. The maximum absolute atomic E-state index is 5.35. The zero-order valence-corrected chi connectivity index (χ0v) is 6.02.